The zero-order valence-corrected chi connectivity index (χ0v) is 17.1. The van der Waals surface area contributed by atoms with Gasteiger partial charge in [0, 0.05) is 0 Å². The largest absolute Gasteiger partial charge is 0.376 e. The lowest BCUT2D eigenvalue weighted by Crippen LogP contribution is -2.65. The number of Topliss-reactive ketones (excluding diaryl/α,β-unsaturated/α-hetero) is 2. The van der Waals surface area contributed by atoms with Crippen LogP contribution in [0.25, 0.3) is 11.0 Å². The average Bonchev–Trinajstić information content (AvgIpc) is 2.95. The number of aromatic nitrogens is 2. The van der Waals surface area contributed by atoms with Gasteiger partial charge >= 0.3 is 0 Å². The highest BCUT2D eigenvalue weighted by molar-refractivity contribution is 9.10. The molecule has 1 saturated heterocycles. The fraction of sp³-hybridized carbons (Fsp3) is 0.438. The topological polar surface area (TPSA) is 102 Å². The van der Waals surface area contributed by atoms with E-state index in [1.54, 1.807) is 0 Å². The Hall–Kier alpha value is -1.03. The third-order valence-corrected chi connectivity index (χ3v) is 6.14. The average molecular weight is 466 g/mol. The summed E-state index contributed by atoms with van der Waals surface area (Å²) in [6.45, 7) is 3.58. The molecule has 0 radical (unpaired) electrons. The van der Waals surface area contributed by atoms with Crippen LogP contribution in [0.2, 0.25) is 10.0 Å². The van der Waals surface area contributed by atoms with Crippen LogP contribution < -0.4 is 0 Å². The first kappa shape index (κ1) is 19.7. The number of ether oxygens (including phenoxy) is 1. The van der Waals surface area contributed by atoms with Gasteiger partial charge in [0.2, 0.25) is 5.60 Å². The number of carbonyl (C=O) groups excluding carboxylic acids is 2. The molecule has 2 aromatic rings. The molecule has 2 heterocycles. The maximum absolute atomic E-state index is 12.4. The van der Waals surface area contributed by atoms with Crippen molar-refractivity contribution in [3.8, 4) is 0 Å². The lowest BCUT2D eigenvalue weighted by atomic mass is 9.75. The maximum Gasteiger partial charge on any atom is 0.206 e. The van der Waals surface area contributed by atoms with E-state index < -0.39 is 35.1 Å². The molecule has 0 amide bonds. The summed E-state index contributed by atoms with van der Waals surface area (Å²) in [5.41, 5.74) is -4.13. The second-order valence-corrected chi connectivity index (χ2v) is 7.81. The number of fused-ring (bicyclic) bond motifs is 1. The first-order valence-electron chi connectivity index (χ1n) is 7.61. The smallest absolute Gasteiger partial charge is 0.206 e. The van der Waals surface area contributed by atoms with Crippen LogP contribution in [0.3, 0.4) is 0 Å². The lowest BCUT2D eigenvalue weighted by molar-refractivity contribution is -0.180. The number of imidazole rings is 1. The van der Waals surface area contributed by atoms with Gasteiger partial charge in [-0.05, 0) is 48.8 Å². The lowest BCUT2D eigenvalue weighted by Gasteiger charge is -2.36. The molecule has 1 aliphatic rings. The van der Waals surface area contributed by atoms with Gasteiger partial charge in [-0.25, -0.2) is 4.98 Å². The van der Waals surface area contributed by atoms with E-state index in [4.69, 9.17) is 27.9 Å². The van der Waals surface area contributed by atoms with Crippen molar-refractivity contribution in [3.05, 3.63) is 26.9 Å². The highest BCUT2D eigenvalue weighted by Gasteiger charge is 2.70. The fourth-order valence-corrected chi connectivity index (χ4v) is 4.30. The van der Waals surface area contributed by atoms with Gasteiger partial charge in [-0.1, -0.05) is 23.2 Å². The van der Waals surface area contributed by atoms with Gasteiger partial charge in [0.1, 0.15) is 0 Å². The second kappa shape index (κ2) is 6.25. The quantitative estimate of drug-likeness (QED) is 0.722. The Bertz CT molecular complexity index is 948. The number of hydrogen-bond donors (Lipinski definition) is 2. The third kappa shape index (κ3) is 2.40. The number of ketones is 2. The molecule has 2 N–H and O–H groups in total. The van der Waals surface area contributed by atoms with Crippen molar-refractivity contribution < 1.29 is 24.5 Å². The van der Waals surface area contributed by atoms with Gasteiger partial charge in [-0.15, -0.1) is 0 Å². The van der Waals surface area contributed by atoms with Crippen molar-refractivity contribution in [3.63, 3.8) is 0 Å². The van der Waals surface area contributed by atoms with Crippen LogP contribution in [0, 0.1) is 0 Å². The first-order chi connectivity index (χ1) is 12.0. The van der Waals surface area contributed by atoms with Crippen LogP contribution in [-0.4, -0.2) is 48.6 Å². The zero-order valence-electron chi connectivity index (χ0n) is 14.0. The van der Waals surface area contributed by atoms with Gasteiger partial charge in [-0.3, -0.25) is 14.2 Å². The molecule has 0 spiro atoms. The minimum Gasteiger partial charge on any atom is -0.376 e. The summed E-state index contributed by atoms with van der Waals surface area (Å²) in [4.78, 5) is 28.8. The van der Waals surface area contributed by atoms with E-state index in [1.807, 2.05) is 0 Å². The molecule has 1 aliphatic heterocycles. The number of hydrogen-bond acceptors (Lipinski definition) is 6. The van der Waals surface area contributed by atoms with E-state index in [2.05, 4.69) is 20.9 Å². The summed E-state index contributed by atoms with van der Waals surface area (Å²) < 4.78 is 7.26. The molecule has 0 bridgehead atoms. The number of nitrogens with zero attached hydrogens (tertiary/aromatic N) is 2. The Kier molecular flexibility index (Phi) is 4.74. The molecular formula is C16H15BrCl2N2O5. The van der Waals surface area contributed by atoms with Crippen LogP contribution in [0.1, 0.15) is 27.0 Å². The molecule has 10 heteroatoms. The van der Waals surface area contributed by atoms with Crippen LogP contribution in [0.15, 0.2) is 16.9 Å². The summed E-state index contributed by atoms with van der Waals surface area (Å²) in [7, 11) is 0. The number of halogens is 3. The normalized spacial score (nSPS) is 31.5. The molecule has 0 unspecified atom stereocenters. The molecule has 3 rings (SSSR count). The van der Waals surface area contributed by atoms with Crippen LogP contribution >= 0.6 is 39.1 Å². The molecule has 7 nitrogen and oxygen atoms in total. The minimum atomic E-state index is -2.53. The Morgan fingerprint density at radius 3 is 2.27 bits per heavy atom. The van der Waals surface area contributed by atoms with E-state index in [9.17, 15) is 19.8 Å². The van der Waals surface area contributed by atoms with E-state index in [-0.39, 0.29) is 14.8 Å². The molecule has 4 atom stereocenters. The first-order valence-corrected chi connectivity index (χ1v) is 9.15. The van der Waals surface area contributed by atoms with Crippen LogP contribution in [-0.2, 0) is 14.3 Å². The van der Waals surface area contributed by atoms with Gasteiger partial charge in [0.05, 0.1) is 27.2 Å². The van der Waals surface area contributed by atoms with Crippen molar-refractivity contribution >= 4 is 61.7 Å². The van der Waals surface area contributed by atoms with Crippen molar-refractivity contribution in [2.24, 2.45) is 0 Å². The summed E-state index contributed by atoms with van der Waals surface area (Å²) in [5.74, 6) is -1.61. The van der Waals surface area contributed by atoms with Gasteiger partial charge in [0.25, 0.3) is 0 Å². The summed E-state index contributed by atoms with van der Waals surface area (Å²) in [6.07, 6.45) is -2.56. The predicted molar refractivity (Wildman–Crippen MR) is 98.3 cm³/mol. The van der Waals surface area contributed by atoms with Crippen LogP contribution in [0.5, 0.6) is 0 Å². The highest BCUT2D eigenvalue weighted by Crippen LogP contribution is 2.49. The van der Waals surface area contributed by atoms with Crippen LogP contribution in [0.4, 0.5) is 0 Å². The van der Waals surface area contributed by atoms with Crippen molar-refractivity contribution in [2.75, 3.05) is 0 Å². The molecular weight excluding hydrogens is 451 g/mol. The molecule has 0 saturated carbocycles. The van der Waals surface area contributed by atoms with E-state index >= 15 is 0 Å². The monoisotopic (exact) mass is 464 g/mol. The fourth-order valence-electron chi connectivity index (χ4n) is 3.42. The molecule has 1 aromatic carbocycles. The van der Waals surface area contributed by atoms with E-state index in [0.717, 1.165) is 13.8 Å². The predicted octanol–water partition coefficient (Wildman–Crippen LogP) is 2.66. The zero-order chi connectivity index (χ0) is 19.6. The molecule has 1 fully saturated rings. The molecule has 140 valence electrons. The van der Waals surface area contributed by atoms with Gasteiger partial charge in [-0.2, -0.15) is 0 Å². The highest BCUT2D eigenvalue weighted by atomic mass is 79.9. The Balaban J connectivity index is 2.32. The Morgan fingerprint density at radius 2 is 1.73 bits per heavy atom. The van der Waals surface area contributed by atoms with E-state index in [0.29, 0.717) is 11.0 Å². The standard InChI is InChI=1S/C16H15BrCl2N2O5/c1-6(22)15(24)8(3)26-13(16(15,25)7(2)23)21-12-5-10(19)9(18)4-11(12)20-14(21)17/h4-5,8,13,24-25H,1-3H3/t8-,13-,15-,16+/m0/s1. The number of carbonyl (C=O) groups is 2. The maximum atomic E-state index is 12.4. The van der Waals surface area contributed by atoms with Crippen molar-refractivity contribution in [1.82, 2.24) is 9.55 Å². The molecule has 0 aliphatic carbocycles. The van der Waals surface area contributed by atoms with E-state index in [1.165, 1.54) is 23.6 Å². The summed E-state index contributed by atoms with van der Waals surface area (Å²) >= 11 is 15.4. The molecule has 1 aromatic heterocycles. The van der Waals surface area contributed by atoms with Gasteiger partial charge in [0.15, 0.2) is 28.1 Å². The number of rotatable bonds is 3. The minimum absolute atomic E-state index is 0.204. The van der Waals surface area contributed by atoms with Gasteiger partial charge < -0.3 is 14.9 Å². The summed E-state index contributed by atoms with van der Waals surface area (Å²) in [5, 5.41) is 22.6. The number of aliphatic hydroxyl groups is 2. The Morgan fingerprint density at radius 1 is 1.19 bits per heavy atom. The second-order valence-electron chi connectivity index (χ2n) is 6.28. The Labute approximate surface area is 167 Å². The SMILES string of the molecule is CC(=O)[C@@]1(O)[C@@H](n2c(Br)nc3cc(Cl)c(Cl)cc32)O[C@@H](C)[C@@]1(O)C(C)=O. The summed E-state index contributed by atoms with van der Waals surface area (Å²) in [6, 6.07) is 3.01. The number of benzene rings is 1. The van der Waals surface area contributed by atoms with Crippen molar-refractivity contribution in [2.45, 2.75) is 44.3 Å². The molecule has 26 heavy (non-hydrogen) atoms. The third-order valence-electron chi connectivity index (χ3n) is 4.86. The van der Waals surface area contributed by atoms with Crippen molar-refractivity contribution in [1.29, 1.82) is 0 Å².